The van der Waals surface area contributed by atoms with Gasteiger partial charge in [0.1, 0.15) is 0 Å². The van der Waals surface area contributed by atoms with Crippen LogP contribution in [0.3, 0.4) is 0 Å². The van der Waals surface area contributed by atoms with E-state index in [-0.39, 0.29) is 17.0 Å². The topological polar surface area (TPSA) is 84.1 Å². The van der Waals surface area contributed by atoms with Gasteiger partial charge in [-0.1, -0.05) is 0 Å². The largest absolute Gasteiger partial charge is 0.381 e. The second-order valence-corrected chi connectivity index (χ2v) is 5.63. The molecule has 1 fully saturated rings. The molecule has 1 aromatic rings. The van der Waals surface area contributed by atoms with Crippen LogP contribution in [-0.2, 0) is 14.8 Å². The monoisotopic (exact) mass is 245 g/mol. The summed E-state index contributed by atoms with van der Waals surface area (Å²) in [5.41, 5.74) is 0. The van der Waals surface area contributed by atoms with Crippen LogP contribution >= 0.6 is 0 Å². The number of hydrogen-bond acceptors (Lipinski definition) is 4. The zero-order valence-corrected chi connectivity index (χ0v) is 9.83. The highest BCUT2D eigenvalue weighted by molar-refractivity contribution is 7.89. The number of sulfonamides is 1. The lowest BCUT2D eigenvalue weighted by Crippen LogP contribution is -2.38. The Balaban J connectivity index is 2.03. The Hall–Kier alpha value is -0.920. The highest BCUT2D eigenvalue weighted by Gasteiger charge is 2.27. The number of nitrogens with one attached hydrogen (secondary N) is 2. The third-order valence-corrected chi connectivity index (χ3v) is 4.26. The van der Waals surface area contributed by atoms with Gasteiger partial charge in [0, 0.05) is 18.6 Å². The zero-order chi connectivity index (χ0) is 11.6. The fourth-order valence-electron chi connectivity index (χ4n) is 1.74. The van der Waals surface area contributed by atoms with Crippen molar-refractivity contribution in [3.63, 3.8) is 0 Å². The first-order valence-corrected chi connectivity index (χ1v) is 6.66. The fraction of sp³-hybridized carbons (Fsp3) is 0.667. The minimum Gasteiger partial charge on any atom is -0.381 e. The van der Waals surface area contributed by atoms with Crippen LogP contribution in [0.4, 0.5) is 0 Å². The molecule has 16 heavy (non-hydrogen) atoms. The molecule has 0 aliphatic carbocycles. The van der Waals surface area contributed by atoms with Gasteiger partial charge in [0.15, 0.2) is 5.03 Å². The van der Waals surface area contributed by atoms with Crippen LogP contribution in [0, 0.1) is 5.92 Å². The van der Waals surface area contributed by atoms with E-state index < -0.39 is 10.0 Å². The van der Waals surface area contributed by atoms with Crippen LogP contribution in [0.25, 0.3) is 0 Å². The summed E-state index contributed by atoms with van der Waals surface area (Å²) in [6.45, 7) is 3.18. The van der Waals surface area contributed by atoms with E-state index in [0.717, 1.165) is 6.42 Å². The number of rotatable bonds is 4. The van der Waals surface area contributed by atoms with Crippen molar-refractivity contribution in [2.45, 2.75) is 24.4 Å². The molecule has 1 aromatic heterocycles. The molecule has 7 heteroatoms. The smallest absolute Gasteiger partial charge is 0.257 e. The first kappa shape index (κ1) is 11.6. The van der Waals surface area contributed by atoms with Gasteiger partial charge in [0.05, 0.1) is 19.1 Å². The van der Waals surface area contributed by atoms with Gasteiger partial charge in [-0.05, 0) is 13.3 Å². The van der Waals surface area contributed by atoms with Gasteiger partial charge in [-0.2, -0.15) is 0 Å². The summed E-state index contributed by atoms with van der Waals surface area (Å²) in [5, 5.41) is 0.0956. The second kappa shape index (κ2) is 4.52. The maximum Gasteiger partial charge on any atom is 0.257 e. The molecule has 1 aliphatic rings. The number of H-pyrrole nitrogens is 1. The maximum atomic E-state index is 11.8. The first-order chi connectivity index (χ1) is 7.59. The molecule has 1 saturated heterocycles. The maximum absolute atomic E-state index is 11.8. The van der Waals surface area contributed by atoms with Gasteiger partial charge in [0.2, 0.25) is 0 Å². The molecule has 0 spiro atoms. The highest BCUT2D eigenvalue weighted by atomic mass is 32.2. The van der Waals surface area contributed by atoms with Crippen LogP contribution in [0.5, 0.6) is 0 Å². The number of ether oxygens (including phenoxy) is 1. The van der Waals surface area contributed by atoms with E-state index in [1.54, 1.807) is 0 Å². The molecule has 2 unspecified atom stereocenters. The van der Waals surface area contributed by atoms with Crippen LogP contribution in [-0.4, -0.2) is 37.6 Å². The van der Waals surface area contributed by atoms with Crippen LogP contribution in [0.15, 0.2) is 17.6 Å². The predicted molar refractivity (Wildman–Crippen MR) is 57.3 cm³/mol. The Morgan fingerprint density at radius 3 is 3.06 bits per heavy atom. The van der Waals surface area contributed by atoms with Gasteiger partial charge in [-0.3, -0.25) is 0 Å². The molecular weight excluding hydrogens is 230 g/mol. The van der Waals surface area contributed by atoms with E-state index in [2.05, 4.69) is 14.7 Å². The lowest BCUT2D eigenvalue weighted by Gasteiger charge is -2.18. The summed E-state index contributed by atoms with van der Waals surface area (Å²) in [6.07, 6.45) is 3.53. The molecule has 2 heterocycles. The lowest BCUT2D eigenvalue weighted by atomic mass is 10.0. The molecule has 0 saturated carbocycles. The van der Waals surface area contributed by atoms with Crippen molar-refractivity contribution >= 4 is 10.0 Å². The molecule has 0 amide bonds. The van der Waals surface area contributed by atoms with Gasteiger partial charge >= 0.3 is 0 Å². The zero-order valence-electron chi connectivity index (χ0n) is 9.01. The fourth-order valence-corrected chi connectivity index (χ4v) is 2.96. The van der Waals surface area contributed by atoms with E-state index in [1.165, 1.54) is 12.5 Å². The van der Waals surface area contributed by atoms with E-state index in [0.29, 0.717) is 13.2 Å². The number of aromatic amines is 1. The van der Waals surface area contributed by atoms with E-state index in [1.807, 2.05) is 6.92 Å². The van der Waals surface area contributed by atoms with Gasteiger partial charge in [-0.15, -0.1) is 0 Å². The summed E-state index contributed by atoms with van der Waals surface area (Å²) >= 11 is 0. The van der Waals surface area contributed by atoms with Crippen LogP contribution in [0.1, 0.15) is 13.3 Å². The van der Waals surface area contributed by atoms with E-state index >= 15 is 0 Å². The summed E-state index contributed by atoms with van der Waals surface area (Å²) in [5.74, 6) is 0.248. The average molecular weight is 245 g/mol. The normalized spacial score (nSPS) is 23.4. The Kier molecular flexibility index (Phi) is 3.27. The summed E-state index contributed by atoms with van der Waals surface area (Å²) in [7, 11) is -3.48. The predicted octanol–water partition coefficient (Wildman–Crippen LogP) is 0.113. The average Bonchev–Trinajstić information content (AvgIpc) is 2.91. The van der Waals surface area contributed by atoms with Crippen LogP contribution < -0.4 is 4.72 Å². The SMILES string of the molecule is CC(NS(=O)(=O)c1cnc[nH]1)C1CCOC1. The Morgan fingerprint density at radius 2 is 2.50 bits per heavy atom. The van der Waals surface area contributed by atoms with Crippen molar-refractivity contribution in [2.75, 3.05) is 13.2 Å². The third kappa shape index (κ3) is 2.42. The van der Waals surface area contributed by atoms with Crippen molar-refractivity contribution in [3.8, 4) is 0 Å². The van der Waals surface area contributed by atoms with E-state index in [9.17, 15) is 8.42 Å². The minimum atomic E-state index is -3.48. The minimum absolute atomic E-state index is 0.0956. The quantitative estimate of drug-likeness (QED) is 0.788. The molecule has 6 nitrogen and oxygen atoms in total. The van der Waals surface area contributed by atoms with Crippen molar-refractivity contribution in [2.24, 2.45) is 5.92 Å². The van der Waals surface area contributed by atoms with Crippen molar-refractivity contribution in [3.05, 3.63) is 12.5 Å². The first-order valence-electron chi connectivity index (χ1n) is 5.18. The molecule has 0 aromatic carbocycles. The lowest BCUT2D eigenvalue weighted by molar-refractivity contribution is 0.180. The van der Waals surface area contributed by atoms with E-state index in [4.69, 9.17) is 4.74 Å². The molecule has 2 atom stereocenters. The molecule has 1 aliphatic heterocycles. The van der Waals surface area contributed by atoms with Gasteiger partial charge < -0.3 is 9.72 Å². The van der Waals surface area contributed by atoms with Crippen LogP contribution in [0.2, 0.25) is 0 Å². The Bertz CT molecular complexity index is 423. The molecule has 90 valence electrons. The van der Waals surface area contributed by atoms with Crippen molar-refractivity contribution in [1.82, 2.24) is 14.7 Å². The second-order valence-electron chi connectivity index (χ2n) is 3.95. The molecular formula is C9H15N3O3S. The highest BCUT2D eigenvalue weighted by Crippen LogP contribution is 2.17. The summed E-state index contributed by atoms with van der Waals surface area (Å²) in [6, 6.07) is -0.129. The molecule has 2 N–H and O–H groups in total. The summed E-state index contributed by atoms with van der Waals surface area (Å²) in [4.78, 5) is 6.27. The number of hydrogen-bond donors (Lipinski definition) is 2. The number of imidazole rings is 1. The number of aromatic nitrogens is 2. The number of nitrogens with zero attached hydrogens (tertiary/aromatic N) is 1. The van der Waals surface area contributed by atoms with Crippen molar-refractivity contribution < 1.29 is 13.2 Å². The summed E-state index contributed by atoms with van der Waals surface area (Å²) < 4.78 is 31.5. The third-order valence-electron chi connectivity index (χ3n) is 2.78. The standard InChI is InChI=1S/C9H15N3O3S/c1-7(8-2-3-15-5-8)12-16(13,14)9-4-10-6-11-9/h4,6-8,12H,2-3,5H2,1H3,(H,10,11). The Morgan fingerprint density at radius 1 is 1.69 bits per heavy atom. The molecule has 0 bridgehead atoms. The Labute approximate surface area is 94.5 Å². The van der Waals surface area contributed by atoms with Gasteiger partial charge in [0.25, 0.3) is 10.0 Å². The molecule has 2 rings (SSSR count). The van der Waals surface area contributed by atoms with Crippen molar-refractivity contribution in [1.29, 1.82) is 0 Å². The van der Waals surface area contributed by atoms with Gasteiger partial charge in [-0.25, -0.2) is 18.1 Å². The molecule has 0 radical (unpaired) electrons.